The molecule has 5 rings (SSSR count). The van der Waals surface area contributed by atoms with Crippen molar-refractivity contribution in [3.63, 3.8) is 0 Å². The highest BCUT2D eigenvalue weighted by atomic mass is 16.2. The molecule has 0 aliphatic carbocycles. The Kier molecular flexibility index (Phi) is 4.76. The number of rotatable bonds is 5. The normalized spacial score (nSPS) is 17.2. The van der Waals surface area contributed by atoms with Gasteiger partial charge in [-0.1, -0.05) is 24.3 Å². The molecular weight excluding hydrogens is 362 g/mol. The van der Waals surface area contributed by atoms with Crippen molar-refractivity contribution in [2.75, 3.05) is 13.1 Å². The van der Waals surface area contributed by atoms with Crippen molar-refractivity contribution in [2.24, 2.45) is 0 Å². The van der Waals surface area contributed by atoms with Crippen LogP contribution < -0.4 is 0 Å². The van der Waals surface area contributed by atoms with Gasteiger partial charge in [-0.05, 0) is 49.4 Å². The van der Waals surface area contributed by atoms with Crippen LogP contribution in [0, 0.1) is 0 Å². The van der Waals surface area contributed by atoms with Gasteiger partial charge >= 0.3 is 0 Å². The first kappa shape index (κ1) is 17.9. The third kappa shape index (κ3) is 3.50. The van der Waals surface area contributed by atoms with Gasteiger partial charge in [-0.15, -0.1) is 10.2 Å². The number of H-pyrrole nitrogens is 1. The number of likely N-dealkylation sites (tertiary alicyclic amines) is 1. The van der Waals surface area contributed by atoms with Crippen LogP contribution in [-0.4, -0.2) is 43.5 Å². The molecular formula is C23H25N5O. The summed E-state index contributed by atoms with van der Waals surface area (Å²) < 4.78 is 2.05. The number of piperidine rings is 1. The van der Waals surface area contributed by atoms with E-state index in [0.717, 1.165) is 55.8 Å². The van der Waals surface area contributed by atoms with E-state index in [9.17, 15) is 4.79 Å². The zero-order valence-corrected chi connectivity index (χ0v) is 16.4. The lowest BCUT2D eigenvalue weighted by molar-refractivity contribution is -0.132. The maximum absolute atomic E-state index is 12.8. The molecule has 4 aromatic rings. The lowest BCUT2D eigenvalue weighted by atomic mass is 9.96. The summed E-state index contributed by atoms with van der Waals surface area (Å²) in [5, 5.41) is 9.94. The summed E-state index contributed by atoms with van der Waals surface area (Å²) in [6, 6.07) is 14.3. The molecule has 1 aliphatic heterocycles. The number of hydrogen-bond donors (Lipinski definition) is 1. The number of benzene rings is 1. The van der Waals surface area contributed by atoms with Crippen LogP contribution in [-0.2, 0) is 11.2 Å². The summed E-state index contributed by atoms with van der Waals surface area (Å²) in [6.07, 6.45) is 8.52. The molecule has 1 fully saturated rings. The molecule has 1 saturated heterocycles. The van der Waals surface area contributed by atoms with Crippen molar-refractivity contribution in [1.82, 2.24) is 24.5 Å². The minimum Gasteiger partial charge on any atom is -0.361 e. The Morgan fingerprint density at radius 2 is 2.03 bits per heavy atom. The molecule has 1 amide bonds. The van der Waals surface area contributed by atoms with Gasteiger partial charge in [0.1, 0.15) is 5.82 Å². The molecule has 0 saturated carbocycles. The number of aromatic amines is 1. The molecule has 6 nitrogen and oxygen atoms in total. The standard InChI is InChI=1S/C23H25N5O/c29-22(12-5-7-17-15-24-20-10-2-1-9-19(17)20)27-13-6-8-18(16-27)23-26-25-21-11-3-4-14-28(21)23/h1-4,9-11,14-15,18,24H,5-8,12-13,16H2. The maximum Gasteiger partial charge on any atom is 0.222 e. The molecule has 0 radical (unpaired) electrons. The number of hydrogen-bond acceptors (Lipinski definition) is 3. The smallest absolute Gasteiger partial charge is 0.222 e. The molecule has 29 heavy (non-hydrogen) atoms. The largest absolute Gasteiger partial charge is 0.361 e. The van der Waals surface area contributed by atoms with E-state index in [0.29, 0.717) is 6.42 Å². The fraction of sp³-hybridized carbons (Fsp3) is 0.348. The fourth-order valence-electron chi connectivity index (χ4n) is 4.48. The summed E-state index contributed by atoms with van der Waals surface area (Å²) in [4.78, 5) is 18.2. The monoisotopic (exact) mass is 387 g/mol. The van der Waals surface area contributed by atoms with E-state index in [1.165, 1.54) is 10.9 Å². The van der Waals surface area contributed by atoms with E-state index >= 15 is 0 Å². The van der Waals surface area contributed by atoms with Crippen LogP contribution in [0.1, 0.15) is 43.0 Å². The first-order chi connectivity index (χ1) is 14.3. The first-order valence-corrected chi connectivity index (χ1v) is 10.4. The molecule has 1 aromatic carbocycles. The van der Waals surface area contributed by atoms with E-state index in [2.05, 4.69) is 44.0 Å². The van der Waals surface area contributed by atoms with Crippen LogP contribution in [0.5, 0.6) is 0 Å². The Labute approximate surface area is 169 Å². The summed E-state index contributed by atoms with van der Waals surface area (Å²) in [7, 11) is 0. The van der Waals surface area contributed by atoms with Crippen molar-refractivity contribution in [1.29, 1.82) is 0 Å². The lowest BCUT2D eigenvalue weighted by Gasteiger charge is -2.32. The number of carbonyl (C=O) groups is 1. The zero-order chi connectivity index (χ0) is 19.6. The molecule has 1 atom stereocenters. The van der Waals surface area contributed by atoms with Crippen molar-refractivity contribution in [2.45, 2.75) is 38.0 Å². The molecule has 3 aromatic heterocycles. The minimum absolute atomic E-state index is 0.249. The van der Waals surface area contributed by atoms with Gasteiger partial charge in [0.05, 0.1) is 0 Å². The topological polar surface area (TPSA) is 66.3 Å². The second kappa shape index (κ2) is 7.70. The Morgan fingerprint density at radius 3 is 3.00 bits per heavy atom. The van der Waals surface area contributed by atoms with Crippen molar-refractivity contribution in [3.05, 3.63) is 66.2 Å². The SMILES string of the molecule is O=C(CCCc1c[nH]c2ccccc12)N1CCCC(c2nnc3ccccn23)C1. The van der Waals surface area contributed by atoms with Crippen molar-refractivity contribution >= 4 is 22.5 Å². The van der Waals surface area contributed by atoms with E-state index in [4.69, 9.17) is 0 Å². The third-order valence-corrected chi connectivity index (χ3v) is 5.99. The third-order valence-electron chi connectivity index (χ3n) is 5.99. The highest BCUT2D eigenvalue weighted by Crippen LogP contribution is 2.27. The van der Waals surface area contributed by atoms with Gasteiger partial charge in [-0.2, -0.15) is 0 Å². The van der Waals surface area contributed by atoms with Gasteiger partial charge in [0.25, 0.3) is 0 Å². The number of aryl methyl sites for hydroxylation is 1. The predicted octanol–water partition coefficient (Wildman–Crippen LogP) is 3.94. The summed E-state index contributed by atoms with van der Waals surface area (Å²) in [5.41, 5.74) is 3.32. The van der Waals surface area contributed by atoms with Gasteiger partial charge in [0, 0.05) is 48.7 Å². The lowest BCUT2D eigenvalue weighted by Crippen LogP contribution is -2.39. The Balaban J connectivity index is 1.21. The molecule has 1 unspecified atom stereocenters. The Bertz CT molecular complexity index is 1140. The number of aromatic nitrogens is 4. The van der Waals surface area contributed by atoms with Crippen LogP contribution in [0.4, 0.5) is 0 Å². The van der Waals surface area contributed by atoms with Gasteiger partial charge in [0.15, 0.2) is 5.65 Å². The summed E-state index contributed by atoms with van der Waals surface area (Å²) in [6.45, 7) is 1.58. The average molecular weight is 387 g/mol. The Morgan fingerprint density at radius 1 is 1.14 bits per heavy atom. The number of para-hydroxylation sites is 1. The summed E-state index contributed by atoms with van der Waals surface area (Å²) in [5.74, 6) is 1.47. The molecule has 1 aliphatic rings. The van der Waals surface area contributed by atoms with E-state index in [1.807, 2.05) is 35.4 Å². The average Bonchev–Trinajstić information content (AvgIpc) is 3.38. The van der Waals surface area contributed by atoms with Gasteiger partial charge in [-0.3, -0.25) is 9.20 Å². The second-order valence-corrected chi connectivity index (χ2v) is 7.88. The van der Waals surface area contributed by atoms with E-state index in [-0.39, 0.29) is 11.8 Å². The molecule has 1 N–H and O–H groups in total. The highest BCUT2D eigenvalue weighted by molar-refractivity contribution is 5.83. The molecule has 0 spiro atoms. The molecule has 0 bridgehead atoms. The van der Waals surface area contributed by atoms with Crippen LogP contribution >= 0.6 is 0 Å². The summed E-state index contributed by atoms with van der Waals surface area (Å²) >= 11 is 0. The van der Waals surface area contributed by atoms with Crippen LogP contribution in [0.25, 0.3) is 16.6 Å². The molecule has 6 heteroatoms. The van der Waals surface area contributed by atoms with Gasteiger partial charge in [-0.25, -0.2) is 0 Å². The van der Waals surface area contributed by atoms with Crippen molar-refractivity contribution < 1.29 is 4.79 Å². The quantitative estimate of drug-likeness (QED) is 0.564. The number of pyridine rings is 1. The van der Waals surface area contributed by atoms with Crippen molar-refractivity contribution in [3.8, 4) is 0 Å². The van der Waals surface area contributed by atoms with E-state index < -0.39 is 0 Å². The van der Waals surface area contributed by atoms with Gasteiger partial charge in [0.2, 0.25) is 5.91 Å². The van der Waals surface area contributed by atoms with Crippen LogP contribution in [0.15, 0.2) is 54.9 Å². The molecule has 148 valence electrons. The number of nitrogens with one attached hydrogen (secondary N) is 1. The van der Waals surface area contributed by atoms with Crippen LogP contribution in [0.2, 0.25) is 0 Å². The molecule has 4 heterocycles. The predicted molar refractivity (Wildman–Crippen MR) is 113 cm³/mol. The number of fused-ring (bicyclic) bond motifs is 2. The number of carbonyl (C=O) groups excluding carboxylic acids is 1. The zero-order valence-electron chi connectivity index (χ0n) is 16.4. The second-order valence-electron chi connectivity index (χ2n) is 7.88. The number of nitrogens with zero attached hydrogens (tertiary/aromatic N) is 4. The number of amides is 1. The van der Waals surface area contributed by atoms with Crippen LogP contribution in [0.3, 0.4) is 0 Å². The maximum atomic E-state index is 12.8. The minimum atomic E-state index is 0.249. The fourth-order valence-corrected chi connectivity index (χ4v) is 4.48. The Hall–Kier alpha value is -3.15. The van der Waals surface area contributed by atoms with E-state index in [1.54, 1.807) is 0 Å². The van der Waals surface area contributed by atoms with Gasteiger partial charge < -0.3 is 9.88 Å². The first-order valence-electron chi connectivity index (χ1n) is 10.4. The highest BCUT2D eigenvalue weighted by Gasteiger charge is 2.27.